The highest BCUT2D eigenvalue weighted by Gasteiger charge is 2.22. The maximum atomic E-state index is 12.5. The molecule has 1 atom stereocenters. The molecule has 0 bridgehead atoms. The number of benzene rings is 1. The summed E-state index contributed by atoms with van der Waals surface area (Å²) in [5.74, 6) is 1.50. The molecule has 0 radical (unpaired) electrons. The molecule has 28 heavy (non-hydrogen) atoms. The van der Waals surface area contributed by atoms with E-state index in [2.05, 4.69) is 45.5 Å². The van der Waals surface area contributed by atoms with Gasteiger partial charge in [-0.3, -0.25) is 9.69 Å². The number of hydrogen-bond donors (Lipinski definition) is 1. The average Bonchev–Trinajstić information content (AvgIpc) is 3.21. The summed E-state index contributed by atoms with van der Waals surface area (Å²) >= 11 is 0. The van der Waals surface area contributed by atoms with Crippen LogP contribution < -0.4 is 5.32 Å². The number of rotatable bonds is 6. The van der Waals surface area contributed by atoms with Gasteiger partial charge in [0, 0.05) is 38.9 Å². The van der Waals surface area contributed by atoms with Crippen molar-refractivity contribution in [2.75, 3.05) is 51.3 Å². The van der Waals surface area contributed by atoms with Gasteiger partial charge in [0.1, 0.15) is 5.82 Å². The number of ether oxygens (including phenoxy) is 1. The van der Waals surface area contributed by atoms with Gasteiger partial charge >= 0.3 is 0 Å². The van der Waals surface area contributed by atoms with E-state index in [1.807, 2.05) is 17.0 Å². The predicted octanol–water partition coefficient (Wildman–Crippen LogP) is 2.49. The van der Waals surface area contributed by atoms with Crippen molar-refractivity contribution in [3.8, 4) is 0 Å². The number of anilines is 1. The zero-order valence-electron chi connectivity index (χ0n) is 16.2. The van der Waals surface area contributed by atoms with E-state index in [4.69, 9.17) is 4.74 Å². The molecule has 3 heterocycles. The lowest BCUT2D eigenvalue weighted by molar-refractivity contribution is 0.0302. The molecular weight excluding hydrogens is 352 g/mol. The van der Waals surface area contributed by atoms with Crippen molar-refractivity contribution in [3.05, 3.63) is 59.8 Å². The van der Waals surface area contributed by atoms with Crippen LogP contribution in [0.15, 0.2) is 48.7 Å². The van der Waals surface area contributed by atoms with Crippen LogP contribution in [0.25, 0.3) is 0 Å². The molecule has 2 aliphatic rings. The van der Waals surface area contributed by atoms with Gasteiger partial charge in [0.05, 0.1) is 18.8 Å². The first kappa shape index (κ1) is 18.9. The molecule has 6 nitrogen and oxygen atoms in total. The summed E-state index contributed by atoms with van der Waals surface area (Å²) in [7, 11) is 0. The second kappa shape index (κ2) is 9.17. The molecule has 0 saturated carbocycles. The SMILES string of the molecule is O=C(c1ccc(NCC2CCN(Cc3ccccc3)C2)nc1)N1CCOCC1. The highest BCUT2D eigenvalue weighted by molar-refractivity contribution is 5.94. The van der Waals surface area contributed by atoms with Crippen molar-refractivity contribution in [2.24, 2.45) is 5.92 Å². The molecule has 2 saturated heterocycles. The molecule has 148 valence electrons. The Bertz CT molecular complexity index is 760. The normalized spacial score (nSPS) is 20.3. The van der Waals surface area contributed by atoms with E-state index in [0.717, 1.165) is 32.0 Å². The molecule has 0 aliphatic carbocycles. The molecule has 1 N–H and O–H groups in total. The van der Waals surface area contributed by atoms with Crippen LogP contribution in [0, 0.1) is 5.92 Å². The van der Waals surface area contributed by atoms with Crippen LogP contribution in [0.4, 0.5) is 5.82 Å². The third-order valence-corrected chi connectivity index (χ3v) is 5.50. The smallest absolute Gasteiger partial charge is 0.255 e. The predicted molar refractivity (Wildman–Crippen MR) is 109 cm³/mol. The maximum Gasteiger partial charge on any atom is 0.255 e. The Hall–Kier alpha value is -2.44. The summed E-state index contributed by atoms with van der Waals surface area (Å²) in [6.45, 7) is 6.71. The zero-order chi connectivity index (χ0) is 19.2. The molecular formula is C22H28N4O2. The van der Waals surface area contributed by atoms with Crippen molar-refractivity contribution in [1.82, 2.24) is 14.8 Å². The first-order valence-corrected chi connectivity index (χ1v) is 10.1. The number of morpholine rings is 1. The first-order valence-electron chi connectivity index (χ1n) is 10.1. The highest BCUT2D eigenvalue weighted by Crippen LogP contribution is 2.19. The highest BCUT2D eigenvalue weighted by atomic mass is 16.5. The Labute approximate surface area is 166 Å². The third-order valence-electron chi connectivity index (χ3n) is 5.50. The van der Waals surface area contributed by atoms with Crippen LogP contribution in [-0.2, 0) is 11.3 Å². The number of nitrogens with one attached hydrogen (secondary N) is 1. The van der Waals surface area contributed by atoms with Gasteiger partial charge in [-0.25, -0.2) is 4.98 Å². The van der Waals surface area contributed by atoms with Gasteiger partial charge in [0.15, 0.2) is 0 Å². The van der Waals surface area contributed by atoms with E-state index in [1.54, 1.807) is 6.20 Å². The minimum Gasteiger partial charge on any atom is -0.378 e. The average molecular weight is 380 g/mol. The van der Waals surface area contributed by atoms with Gasteiger partial charge in [-0.2, -0.15) is 0 Å². The van der Waals surface area contributed by atoms with E-state index in [0.29, 0.717) is 37.8 Å². The van der Waals surface area contributed by atoms with E-state index < -0.39 is 0 Å². The van der Waals surface area contributed by atoms with E-state index in [-0.39, 0.29) is 5.91 Å². The molecule has 2 aliphatic heterocycles. The monoisotopic (exact) mass is 380 g/mol. The summed E-state index contributed by atoms with van der Waals surface area (Å²) in [6.07, 6.45) is 2.88. The van der Waals surface area contributed by atoms with Crippen molar-refractivity contribution in [3.63, 3.8) is 0 Å². The van der Waals surface area contributed by atoms with Crippen LogP contribution in [0.2, 0.25) is 0 Å². The van der Waals surface area contributed by atoms with E-state index >= 15 is 0 Å². The summed E-state index contributed by atoms with van der Waals surface area (Å²) in [5.41, 5.74) is 2.01. The lowest BCUT2D eigenvalue weighted by atomic mass is 10.1. The third kappa shape index (κ3) is 4.88. The minimum absolute atomic E-state index is 0.0368. The molecule has 1 aromatic carbocycles. The fraction of sp³-hybridized carbons (Fsp3) is 0.455. The van der Waals surface area contributed by atoms with E-state index in [1.165, 1.54) is 12.0 Å². The van der Waals surface area contributed by atoms with Gasteiger partial charge in [-0.15, -0.1) is 0 Å². The van der Waals surface area contributed by atoms with Gasteiger partial charge in [0.2, 0.25) is 0 Å². The number of nitrogens with zero attached hydrogens (tertiary/aromatic N) is 3. The molecule has 0 spiro atoms. The van der Waals surface area contributed by atoms with Crippen LogP contribution in [0.1, 0.15) is 22.3 Å². The number of aromatic nitrogens is 1. The molecule has 1 amide bonds. The molecule has 2 aromatic rings. The maximum absolute atomic E-state index is 12.5. The lowest BCUT2D eigenvalue weighted by Gasteiger charge is -2.26. The Morgan fingerprint density at radius 1 is 1.11 bits per heavy atom. The summed E-state index contributed by atoms with van der Waals surface area (Å²) in [5, 5.41) is 3.43. The van der Waals surface area contributed by atoms with Crippen molar-refractivity contribution in [1.29, 1.82) is 0 Å². The van der Waals surface area contributed by atoms with Crippen LogP contribution >= 0.6 is 0 Å². The topological polar surface area (TPSA) is 57.7 Å². The first-order chi connectivity index (χ1) is 13.8. The minimum atomic E-state index is 0.0368. The molecule has 6 heteroatoms. The van der Waals surface area contributed by atoms with Gasteiger partial charge in [0.25, 0.3) is 5.91 Å². The molecule has 4 rings (SSSR count). The second-order valence-corrected chi connectivity index (χ2v) is 7.59. The van der Waals surface area contributed by atoms with Crippen molar-refractivity contribution >= 4 is 11.7 Å². The number of pyridine rings is 1. The molecule has 1 unspecified atom stereocenters. The fourth-order valence-corrected chi connectivity index (χ4v) is 3.89. The van der Waals surface area contributed by atoms with Gasteiger partial charge in [-0.1, -0.05) is 30.3 Å². The number of carbonyl (C=O) groups is 1. The van der Waals surface area contributed by atoms with Gasteiger partial charge in [-0.05, 0) is 36.6 Å². The summed E-state index contributed by atoms with van der Waals surface area (Å²) < 4.78 is 5.30. The van der Waals surface area contributed by atoms with Crippen molar-refractivity contribution in [2.45, 2.75) is 13.0 Å². The number of hydrogen-bond acceptors (Lipinski definition) is 5. The Morgan fingerprint density at radius 2 is 1.93 bits per heavy atom. The standard InChI is InChI=1S/C22H28N4O2/c27-22(26-10-12-28-13-11-26)20-6-7-21(24-15-20)23-14-19-8-9-25(17-19)16-18-4-2-1-3-5-18/h1-7,15,19H,8-14,16-17H2,(H,23,24). The number of likely N-dealkylation sites (tertiary alicyclic amines) is 1. The number of amides is 1. The Kier molecular flexibility index (Phi) is 6.19. The Balaban J connectivity index is 1.23. The molecule has 2 fully saturated rings. The quantitative estimate of drug-likeness (QED) is 0.834. The Morgan fingerprint density at radius 3 is 2.68 bits per heavy atom. The van der Waals surface area contributed by atoms with Crippen LogP contribution in [0.5, 0.6) is 0 Å². The number of carbonyl (C=O) groups excluding carboxylic acids is 1. The fourth-order valence-electron chi connectivity index (χ4n) is 3.89. The lowest BCUT2D eigenvalue weighted by Crippen LogP contribution is -2.40. The van der Waals surface area contributed by atoms with E-state index in [9.17, 15) is 4.79 Å². The molecule has 1 aromatic heterocycles. The van der Waals surface area contributed by atoms with Crippen LogP contribution in [-0.4, -0.2) is 66.6 Å². The summed E-state index contributed by atoms with van der Waals surface area (Å²) in [6, 6.07) is 14.4. The zero-order valence-corrected chi connectivity index (χ0v) is 16.2. The van der Waals surface area contributed by atoms with Crippen LogP contribution in [0.3, 0.4) is 0 Å². The summed E-state index contributed by atoms with van der Waals surface area (Å²) in [4.78, 5) is 21.2. The van der Waals surface area contributed by atoms with Gasteiger partial charge < -0.3 is 15.0 Å². The van der Waals surface area contributed by atoms with Crippen molar-refractivity contribution < 1.29 is 9.53 Å². The largest absolute Gasteiger partial charge is 0.378 e. The second-order valence-electron chi connectivity index (χ2n) is 7.59.